The zero-order valence-electron chi connectivity index (χ0n) is 6.03. The summed E-state index contributed by atoms with van der Waals surface area (Å²) < 4.78 is 4.96. The summed E-state index contributed by atoms with van der Waals surface area (Å²) in [5.74, 6) is 1.39. The van der Waals surface area contributed by atoms with Crippen molar-refractivity contribution in [3.63, 3.8) is 0 Å². The molecule has 0 bridgehead atoms. The lowest BCUT2D eigenvalue weighted by atomic mass is 10.4. The van der Waals surface area contributed by atoms with Crippen LogP contribution in [0.5, 0.6) is 0 Å². The van der Waals surface area contributed by atoms with Crippen molar-refractivity contribution in [2.45, 2.75) is 6.92 Å². The van der Waals surface area contributed by atoms with E-state index in [0.717, 1.165) is 5.69 Å². The van der Waals surface area contributed by atoms with Gasteiger partial charge in [0.15, 0.2) is 5.82 Å². The molecule has 0 unspecified atom stereocenters. The van der Waals surface area contributed by atoms with Crippen LogP contribution in [0.2, 0.25) is 0 Å². The summed E-state index contributed by atoms with van der Waals surface area (Å²) in [4.78, 5) is 6.93. The summed E-state index contributed by atoms with van der Waals surface area (Å²) in [7, 11) is 0. The van der Waals surface area contributed by atoms with Crippen LogP contribution in [0, 0.1) is 6.92 Å². The van der Waals surface area contributed by atoms with E-state index in [1.807, 2.05) is 13.0 Å². The maximum atomic E-state index is 4.96. The lowest BCUT2D eigenvalue weighted by Gasteiger charge is -1.82. The van der Waals surface area contributed by atoms with Crippen molar-refractivity contribution in [1.82, 2.24) is 15.1 Å². The predicted octanol–water partition coefficient (Wildman–Crippen LogP) is 1.37. The lowest BCUT2D eigenvalue weighted by Crippen LogP contribution is -1.73. The Balaban J connectivity index is 2.45. The highest BCUT2D eigenvalue weighted by Gasteiger charge is 2.04. The third-order valence-corrected chi connectivity index (χ3v) is 1.36. The SMILES string of the molecule is Cc1cc(-c2ncc[nH]2)on1. The van der Waals surface area contributed by atoms with E-state index in [-0.39, 0.29) is 0 Å². The first kappa shape index (κ1) is 6.15. The van der Waals surface area contributed by atoms with Crippen LogP contribution in [0.3, 0.4) is 0 Å². The molecule has 0 amide bonds. The first-order valence-electron chi connectivity index (χ1n) is 3.29. The Kier molecular flexibility index (Phi) is 1.25. The third kappa shape index (κ3) is 1.02. The number of nitrogens with one attached hydrogen (secondary N) is 1. The Morgan fingerprint density at radius 3 is 3.00 bits per heavy atom. The Labute approximate surface area is 63.2 Å². The molecule has 0 saturated carbocycles. The number of aryl methyl sites for hydroxylation is 1. The molecule has 0 aromatic carbocycles. The average molecular weight is 149 g/mol. The van der Waals surface area contributed by atoms with Crippen molar-refractivity contribution in [1.29, 1.82) is 0 Å². The monoisotopic (exact) mass is 149 g/mol. The van der Waals surface area contributed by atoms with Gasteiger partial charge in [0, 0.05) is 18.5 Å². The second-order valence-corrected chi connectivity index (χ2v) is 2.27. The molecule has 0 aliphatic carbocycles. The third-order valence-electron chi connectivity index (χ3n) is 1.36. The summed E-state index contributed by atoms with van der Waals surface area (Å²) in [6, 6.07) is 1.83. The Bertz CT molecular complexity index is 336. The molecular formula is C7H7N3O. The summed E-state index contributed by atoms with van der Waals surface area (Å²) in [6.45, 7) is 1.87. The lowest BCUT2D eigenvalue weighted by molar-refractivity contribution is 0.425. The molecular weight excluding hydrogens is 142 g/mol. The molecule has 0 saturated heterocycles. The Morgan fingerprint density at radius 2 is 2.45 bits per heavy atom. The van der Waals surface area contributed by atoms with Gasteiger partial charge in [-0.2, -0.15) is 0 Å². The fraction of sp³-hybridized carbons (Fsp3) is 0.143. The summed E-state index contributed by atoms with van der Waals surface area (Å²) in [6.07, 6.45) is 3.42. The van der Waals surface area contributed by atoms with Gasteiger partial charge in [0.05, 0.1) is 5.69 Å². The maximum Gasteiger partial charge on any atom is 0.202 e. The highest BCUT2D eigenvalue weighted by atomic mass is 16.5. The van der Waals surface area contributed by atoms with Gasteiger partial charge in [-0.25, -0.2) is 4.98 Å². The topological polar surface area (TPSA) is 54.7 Å². The molecule has 0 atom stereocenters. The first-order valence-corrected chi connectivity index (χ1v) is 3.29. The van der Waals surface area contributed by atoms with Crippen LogP contribution in [0.25, 0.3) is 11.6 Å². The molecule has 56 valence electrons. The van der Waals surface area contributed by atoms with Crippen molar-refractivity contribution >= 4 is 0 Å². The van der Waals surface area contributed by atoms with Gasteiger partial charge in [-0.3, -0.25) is 0 Å². The van der Waals surface area contributed by atoms with Crippen molar-refractivity contribution in [3.8, 4) is 11.6 Å². The average Bonchev–Trinajstić information content (AvgIpc) is 2.55. The zero-order valence-corrected chi connectivity index (χ0v) is 6.03. The molecule has 0 radical (unpaired) electrons. The fourth-order valence-electron chi connectivity index (χ4n) is 0.875. The van der Waals surface area contributed by atoms with Crippen molar-refractivity contribution in [2.75, 3.05) is 0 Å². The van der Waals surface area contributed by atoms with Crippen molar-refractivity contribution in [3.05, 3.63) is 24.2 Å². The summed E-state index contributed by atoms with van der Waals surface area (Å²) in [5, 5.41) is 3.74. The molecule has 0 spiro atoms. The maximum absolute atomic E-state index is 4.96. The molecule has 0 aliphatic rings. The van der Waals surface area contributed by atoms with E-state index in [2.05, 4.69) is 15.1 Å². The molecule has 2 aromatic heterocycles. The quantitative estimate of drug-likeness (QED) is 0.666. The predicted molar refractivity (Wildman–Crippen MR) is 38.8 cm³/mol. The number of nitrogens with zero attached hydrogens (tertiary/aromatic N) is 2. The highest BCUT2D eigenvalue weighted by molar-refractivity contribution is 5.45. The number of H-pyrrole nitrogens is 1. The first-order chi connectivity index (χ1) is 5.36. The van der Waals surface area contributed by atoms with Crippen LogP contribution < -0.4 is 0 Å². The number of imidazole rings is 1. The fourth-order valence-corrected chi connectivity index (χ4v) is 0.875. The molecule has 1 N–H and O–H groups in total. The van der Waals surface area contributed by atoms with E-state index in [9.17, 15) is 0 Å². The summed E-state index contributed by atoms with van der Waals surface area (Å²) in [5.41, 5.74) is 0.858. The van der Waals surface area contributed by atoms with Crippen LogP contribution in [-0.4, -0.2) is 15.1 Å². The van der Waals surface area contributed by atoms with Gasteiger partial charge in [-0.05, 0) is 6.92 Å². The molecule has 0 aliphatic heterocycles. The van der Waals surface area contributed by atoms with Crippen molar-refractivity contribution in [2.24, 2.45) is 0 Å². The minimum Gasteiger partial charge on any atom is -0.353 e. The normalized spacial score (nSPS) is 10.3. The van der Waals surface area contributed by atoms with E-state index < -0.39 is 0 Å². The molecule has 4 nitrogen and oxygen atoms in total. The minimum absolute atomic E-state index is 0.674. The van der Waals surface area contributed by atoms with E-state index in [4.69, 9.17) is 4.52 Å². The largest absolute Gasteiger partial charge is 0.353 e. The molecule has 2 rings (SSSR count). The van der Waals surface area contributed by atoms with E-state index in [0.29, 0.717) is 11.6 Å². The minimum atomic E-state index is 0.674. The molecule has 0 fully saturated rings. The van der Waals surface area contributed by atoms with Crippen LogP contribution in [-0.2, 0) is 0 Å². The number of aromatic amines is 1. The number of aromatic nitrogens is 3. The number of hydrogen-bond donors (Lipinski definition) is 1. The van der Waals surface area contributed by atoms with E-state index in [1.54, 1.807) is 12.4 Å². The molecule has 2 heterocycles. The van der Waals surface area contributed by atoms with Crippen LogP contribution in [0.15, 0.2) is 23.0 Å². The van der Waals surface area contributed by atoms with Gasteiger partial charge in [0.1, 0.15) is 0 Å². The van der Waals surface area contributed by atoms with E-state index >= 15 is 0 Å². The van der Waals surface area contributed by atoms with E-state index in [1.165, 1.54) is 0 Å². The van der Waals surface area contributed by atoms with Crippen molar-refractivity contribution < 1.29 is 4.52 Å². The smallest absolute Gasteiger partial charge is 0.202 e. The molecule has 2 aromatic rings. The molecule has 4 heteroatoms. The Hall–Kier alpha value is -1.58. The summed E-state index contributed by atoms with van der Waals surface area (Å²) >= 11 is 0. The van der Waals surface area contributed by atoms with Gasteiger partial charge < -0.3 is 9.51 Å². The van der Waals surface area contributed by atoms with Crippen LogP contribution in [0.4, 0.5) is 0 Å². The Morgan fingerprint density at radius 1 is 1.55 bits per heavy atom. The standard InChI is InChI=1S/C7H7N3O/c1-5-4-6(11-10-5)7-8-2-3-9-7/h2-4H,1H3,(H,8,9). The number of hydrogen-bond acceptors (Lipinski definition) is 3. The van der Waals surface area contributed by atoms with Crippen LogP contribution in [0.1, 0.15) is 5.69 Å². The number of rotatable bonds is 1. The van der Waals surface area contributed by atoms with Crippen LogP contribution >= 0.6 is 0 Å². The second-order valence-electron chi connectivity index (χ2n) is 2.27. The second kappa shape index (κ2) is 2.23. The zero-order chi connectivity index (χ0) is 7.68. The van der Waals surface area contributed by atoms with Gasteiger partial charge in [-0.15, -0.1) is 0 Å². The van der Waals surface area contributed by atoms with Gasteiger partial charge >= 0.3 is 0 Å². The van der Waals surface area contributed by atoms with Gasteiger partial charge in [-0.1, -0.05) is 5.16 Å². The molecule has 11 heavy (non-hydrogen) atoms. The van der Waals surface area contributed by atoms with Gasteiger partial charge in [0.25, 0.3) is 0 Å². The highest BCUT2D eigenvalue weighted by Crippen LogP contribution is 2.14. The van der Waals surface area contributed by atoms with Gasteiger partial charge in [0.2, 0.25) is 5.76 Å².